The molecule has 1 amide bonds. The van der Waals surface area contributed by atoms with E-state index in [9.17, 15) is 13.2 Å². The summed E-state index contributed by atoms with van der Waals surface area (Å²) >= 11 is 0. The van der Waals surface area contributed by atoms with Crippen LogP contribution in [0.2, 0.25) is 0 Å². The number of carbonyl (C=O) groups excluding carboxylic acids is 1. The van der Waals surface area contributed by atoms with E-state index in [1.54, 1.807) is 38.1 Å². The fourth-order valence-electron chi connectivity index (χ4n) is 5.79. The zero-order valence-corrected chi connectivity index (χ0v) is 25.7. The van der Waals surface area contributed by atoms with Gasteiger partial charge in [0.25, 0.3) is 5.91 Å². The predicted octanol–water partition coefficient (Wildman–Crippen LogP) is 7.13. The number of rotatable bonds is 12. The second-order valence-electron chi connectivity index (χ2n) is 11.1. The lowest BCUT2D eigenvalue weighted by Gasteiger charge is -2.23. The summed E-state index contributed by atoms with van der Waals surface area (Å²) in [6.45, 7) is 8.72. The predicted molar refractivity (Wildman–Crippen MR) is 162 cm³/mol. The third-order valence-electron chi connectivity index (χ3n) is 8.25. The molecule has 0 unspecified atom stereocenters. The quantitative estimate of drug-likeness (QED) is 0.221. The monoisotopic (exact) mass is 591 g/mol. The minimum Gasteiger partial charge on any atom is -0.460 e. The maximum Gasteiger partial charge on any atom is 0.256 e. The Morgan fingerprint density at radius 1 is 1.07 bits per heavy atom. The molecule has 1 aliphatic heterocycles. The van der Waals surface area contributed by atoms with Crippen molar-refractivity contribution in [2.45, 2.75) is 96.2 Å². The number of unbranched alkanes of at least 4 members (excludes halogenated alkanes) is 1. The van der Waals surface area contributed by atoms with Gasteiger partial charge in [-0.1, -0.05) is 62.6 Å². The lowest BCUT2D eigenvalue weighted by molar-refractivity contribution is -0.131. The van der Waals surface area contributed by atoms with E-state index in [2.05, 4.69) is 16.8 Å². The number of aryl methyl sites for hydroxylation is 1. The van der Waals surface area contributed by atoms with E-state index in [-0.39, 0.29) is 16.6 Å². The first-order valence-electron chi connectivity index (χ1n) is 14.8. The lowest BCUT2D eigenvalue weighted by atomic mass is 9.96. The summed E-state index contributed by atoms with van der Waals surface area (Å²) in [4.78, 5) is 20.6. The van der Waals surface area contributed by atoms with E-state index >= 15 is 0 Å². The summed E-state index contributed by atoms with van der Waals surface area (Å²) in [5, 5.41) is 3.82. The molecule has 10 heteroatoms. The molecule has 42 heavy (non-hydrogen) atoms. The van der Waals surface area contributed by atoms with Gasteiger partial charge in [0.1, 0.15) is 17.1 Å². The number of amidine groups is 1. The van der Waals surface area contributed by atoms with E-state index in [0.717, 1.165) is 67.5 Å². The van der Waals surface area contributed by atoms with Crippen LogP contribution in [0.1, 0.15) is 81.2 Å². The highest BCUT2D eigenvalue weighted by atomic mass is 32.2. The average molecular weight is 592 g/mol. The summed E-state index contributed by atoms with van der Waals surface area (Å²) < 4.78 is 42.0. The van der Waals surface area contributed by atoms with Crippen LogP contribution in [0.15, 0.2) is 56.9 Å². The van der Waals surface area contributed by atoms with Crippen LogP contribution in [0, 0.1) is 13.8 Å². The van der Waals surface area contributed by atoms with Gasteiger partial charge in [-0.15, -0.1) is 0 Å². The molecule has 9 nitrogen and oxygen atoms in total. The van der Waals surface area contributed by atoms with Crippen molar-refractivity contribution < 1.29 is 22.5 Å². The molecular formula is C32H39N4O5S-. The Balaban J connectivity index is 1.49. The summed E-state index contributed by atoms with van der Waals surface area (Å²) in [5.74, 6) is 1.56. The smallest absolute Gasteiger partial charge is 0.256 e. The molecule has 1 spiro atoms. The second-order valence-corrected chi connectivity index (χ2v) is 12.7. The van der Waals surface area contributed by atoms with Crippen LogP contribution in [0.5, 0.6) is 0 Å². The lowest BCUT2D eigenvalue weighted by Crippen LogP contribution is -2.40. The molecule has 0 radical (unpaired) electrons. The topological polar surface area (TPSA) is 116 Å². The third-order valence-corrected chi connectivity index (χ3v) is 9.57. The van der Waals surface area contributed by atoms with Crippen molar-refractivity contribution in [1.82, 2.24) is 10.1 Å². The van der Waals surface area contributed by atoms with Crippen LogP contribution in [0.4, 0.5) is 5.82 Å². The van der Waals surface area contributed by atoms with Gasteiger partial charge in [-0.3, -0.25) is 19.8 Å². The first-order valence-corrected chi connectivity index (χ1v) is 16.2. The van der Waals surface area contributed by atoms with Crippen molar-refractivity contribution in [3.63, 3.8) is 0 Å². The Morgan fingerprint density at radius 3 is 2.52 bits per heavy atom. The minimum atomic E-state index is -4.11. The van der Waals surface area contributed by atoms with Crippen molar-refractivity contribution in [2.24, 2.45) is 4.99 Å². The molecule has 0 atom stereocenters. The van der Waals surface area contributed by atoms with Crippen LogP contribution in [-0.2, 0) is 32.7 Å². The van der Waals surface area contributed by atoms with E-state index in [1.165, 1.54) is 0 Å². The van der Waals surface area contributed by atoms with Crippen LogP contribution in [0.25, 0.3) is 15.8 Å². The summed E-state index contributed by atoms with van der Waals surface area (Å²) in [7, 11) is -4.11. The molecule has 0 bridgehead atoms. The minimum absolute atomic E-state index is 0.0445. The van der Waals surface area contributed by atoms with Gasteiger partial charge in [0.15, 0.2) is 0 Å². The zero-order chi connectivity index (χ0) is 29.9. The van der Waals surface area contributed by atoms with Gasteiger partial charge in [-0.2, -0.15) is 0 Å². The summed E-state index contributed by atoms with van der Waals surface area (Å²) in [6.07, 6.45) is 6.49. The van der Waals surface area contributed by atoms with Crippen molar-refractivity contribution in [3.8, 4) is 11.1 Å². The molecular weight excluding hydrogens is 552 g/mol. The van der Waals surface area contributed by atoms with Crippen LogP contribution >= 0.6 is 0 Å². The standard InChI is InChI=1S/C32H39N4O5S/c1-5-7-14-29-33-32(17-10-11-18-32)31(37)36(29)20-24-15-16-26(25(19-24)21-40-6-2)27-12-8-9-13-28(27)42(38,39)35-30-22(3)23(4)41-34-30/h8-9,12-13,15-16,19H,5-7,10-11,14,17-18,20-21H2,1-4H3/q-1. The van der Waals surface area contributed by atoms with Gasteiger partial charge >= 0.3 is 0 Å². The molecule has 2 aliphatic rings. The van der Waals surface area contributed by atoms with Gasteiger partial charge in [-0.25, -0.2) is 8.42 Å². The van der Waals surface area contributed by atoms with Crippen LogP contribution in [0.3, 0.4) is 0 Å². The van der Waals surface area contributed by atoms with E-state index in [0.29, 0.717) is 36.6 Å². The Bertz CT molecular complexity index is 1590. The van der Waals surface area contributed by atoms with E-state index in [1.807, 2.05) is 30.0 Å². The molecule has 1 aromatic heterocycles. The Hall–Kier alpha value is -3.50. The van der Waals surface area contributed by atoms with Crippen molar-refractivity contribution in [3.05, 3.63) is 69.6 Å². The van der Waals surface area contributed by atoms with Crippen molar-refractivity contribution in [1.29, 1.82) is 0 Å². The molecule has 1 aliphatic carbocycles. The number of aliphatic imine (C=N–C) groups is 1. The maximum atomic E-state index is 13.7. The first-order chi connectivity index (χ1) is 20.2. The first kappa shape index (κ1) is 30.0. The molecule has 2 aromatic carbocycles. The molecule has 2 heterocycles. The number of nitrogens with zero attached hydrogens (tertiary/aromatic N) is 4. The Labute approximate surface area is 248 Å². The summed E-state index contributed by atoms with van der Waals surface area (Å²) in [6, 6.07) is 12.7. The van der Waals surface area contributed by atoms with Crippen molar-refractivity contribution >= 4 is 27.6 Å². The van der Waals surface area contributed by atoms with Gasteiger partial charge in [0.2, 0.25) is 10.0 Å². The van der Waals surface area contributed by atoms with E-state index in [4.69, 9.17) is 14.3 Å². The number of sulfonamides is 1. The molecule has 0 saturated heterocycles. The van der Waals surface area contributed by atoms with E-state index < -0.39 is 15.6 Å². The highest BCUT2D eigenvalue weighted by Gasteiger charge is 2.49. The number of amides is 1. The van der Waals surface area contributed by atoms with Gasteiger partial charge in [0, 0.05) is 18.6 Å². The number of carbonyl (C=O) groups is 1. The fraction of sp³-hybridized carbons (Fsp3) is 0.469. The fourth-order valence-corrected chi connectivity index (χ4v) is 6.99. The highest BCUT2D eigenvalue weighted by molar-refractivity contribution is 7.94. The molecule has 5 rings (SSSR count). The number of benzene rings is 2. The van der Waals surface area contributed by atoms with Gasteiger partial charge < -0.3 is 14.0 Å². The largest absolute Gasteiger partial charge is 0.460 e. The number of aromatic nitrogens is 1. The molecule has 1 saturated carbocycles. The van der Waals surface area contributed by atoms with Crippen LogP contribution < -0.4 is 0 Å². The zero-order valence-electron chi connectivity index (χ0n) is 24.9. The second kappa shape index (κ2) is 12.4. The van der Waals surface area contributed by atoms with Gasteiger partial charge in [-0.05, 0) is 74.2 Å². The number of hydrogen-bond acceptors (Lipinski definition) is 7. The highest BCUT2D eigenvalue weighted by Crippen LogP contribution is 2.41. The summed E-state index contributed by atoms with van der Waals surface area (Å²) in [5.41, 5.74) is 3.02. The van der Waals surface area contributed by atoms with Crippen molar-refractivity contribution in [2.75, 3.05) is 6.61 Å². The normalized spacial score (nSPS) is 16.4. The molecule has 224 valence electrons. The Morgan fingerprint density at radius 2 is 1.83 bits per heavy atom. The van der Waals surface area contributed by atoms with Crippen LogP contribution in [-0.4, -0.2) is 42.4 Å². The molecule has 0 N–H and O–H groups in total. The average Bonchev–Trinajstić information content (AvgIpc) is 3.66. The third kappa shape index (κ3) is 5.87. The number of hydrogen-bond donors (Lipinski definition) is 0. The molecule has 3 aromatic rings. The SMILES string of the molecule is CCCCC1=NC2(CCCC2)C(=O)N1Cc1ccc(-c2ccccc2S(=O)(=O)[N-]c2noc(C)c2C)c(COCC)c1. The number of ether oxygens (including phenoxy) is 1. The van der Waals surface area contributed by atoms with Gasteiger partial charge in [0.05, 0.1) is 18.0 Å². The molecule has 1 fully saturated rings. The Kier molecular flexibility index (Phi) is 8.84. The maximum absolute atomic E-state index is 13.7.